The van der Waals surface area contributed by atoms with Gasteiger partial charge in [-0.1, -0.05) is 26.0 Å². The predicted molar refractivity (Wildman–Crippen MR) is 86.1 cm³/mol. The second-order valence-electron chi connectivity index (χ2n) is 6.42. The van der Waals surface area contributed by atoms with E-state index in [1.54, 1.807) is 0 Å². The molecule has 2 aliphatic rings. The molecule has 0 aromatic carbocycles. The van der Waals surface area contributed by atoms with Crippen LogP contribution in [-0.4, -0.2) is 49.6 Å². The Morgan fingerprint density at radius 1 is 1.35 bits per heavy atom. The molecule has 4 heteroatoms. The lowest BCUT2D eigenvalue weighted by Gasteiger charge is -2.27. The van der Waals surface area contributed by atoms with Gasteiger partial charge in [-0.2, -0.15) is 0 Å². The van der Waals surface area contributed by atoms with Gasteiger partial charge in [0.2, 0.25) is 0 Å². The lowest BCUT2D eigenvalue weighted by molar-refractivity contribution is 0.226. The fourth-order valence-corrected chi connectivity index (χ4v) is 3.17. The predicted octanol–water partition coefficient (Wildman–Crippen LogP) is 1.99. The minimum Gasteiger partial charge on any atom is -0.355 e. The highest BCUT2D eigenvalue weighted by Gasteiger charge is 2.25. The van der Waals surface area contributed by atoms with Crippen LogP contribution in [0.25, 0.3) is 0 Å². The largest absolute Gasteiger partial charge is 0.355 e. The molecule has 0 unspecified atom stereocenters. The van der Waals surface area contributed by atoms with Gasteiger partial charge in [0.05, 0.1) is 0 Å². The van der Waals surface area contributed by atoms with E-state index >= 15 is 0 Å². The Bertz CT molecular complexity index is 340. The first-order valence-corrected chi connectivity index (χ1v) is 8.05. The van der Waals surface area contributed by atoms with Crippen LogP contribution in [0, 0.1) is 5.92 Å². The molecule has 1 fully saturated rings. The Kier molecular flexibility index (Phi) is 5.89. The van der Waals surface area contributed by atoms with E-state index in [0.717, 1.165) is 31.3 Å². The van der Waals surface area contributed by atoms with Crippen molar-refractivity contribution in [2.75, 3.05) is 26.7 Å². The maximum atomic E-state index is 4.35. The number of hydrogen-bond donors (Lipinski definition) is 2. The van der Waals surface area contributed by atoms with Crippen LogP contribution in [0.15, 0.2) is 17.1 Å². The zero-order chi connectivity index (χ0) is 14.4. The molecule has 2 rings (SSSR count). The number of likely N-dealkylation sites (tertiary alicyclic amines) is 1. The highest BCUT2D eigenvalue weighted by molar-refractivity contribution is 5.80. The van der Waals surface area contributed by atoms with Gasteiger partial charge in [-0.3, -0.25) is 9.89 Å². The summed E-state index contributed by atoms with van der Waals surface area (Å²) in [4.78, 5) is 6.97. The molecule has 0 aromatic rings. The molecular formula is C16H30N4. The van der Waals surface area contributed by atoms with Gasteiger partial charge in [0, 0.05) is 32.2 Å². The van der Waals surface area contributed by atoms with Gasteiger partial charge in [0.1, 0.15) is 0 Å². The van der Waals surface area contributed by atoms with Gasteiger partial charge >= 0.3 is 0 Å². The van der Waals surface area contributed by atoms with Crippen LogP contribution in [0.1, 0.15) is 39.5 Å². The van der Waals surface area contributed by atoms with Crippen molar-refractivity contribution < 1.29 is 0 Å². The fraction of sp³-hybridized carbons (Fsp3) is 0.812. The Labute approximate surface area is 123 Å². The molecule has 20 heavy (non-hydrogen) atoms. The van der Waals surface area contributed by atoms with E-state index in [2.05, 4.69) is 46.5 Å². The highest BCUT2D eigenvalue weighted by atomic mass is 15.2. The summed E-state index contributed by atoms with van der Waals surface area (Å²) in [5.41, 5.74) is 0. The summed E-state index contributed by atoms with van der Waals surface area (Å²) in [6.45, 7) is 8.08. The van der Waals surface area contributed by atoms with Gasteiger partial charge in [-0.05, 0) is 38.1 Å². The standard InChI is InChI=1S/C16H30N4/c1-13(2)12-20-10-6-9-15(20)11-18-16(17-3)19-14-7-4-5-8-14/h4-5,13-15H,6-12H2,1-3H3,(H2,17,18,19)/t15-/m1/s1. The third kappa shape index (κ3) is 4.51. The molecule has 0 aromatic heterocycles. The lowest BCUT2D eigenvalue weighted by atomic mass is 10.1. The first-order chi connectivity index (χ1) is 9.69. The summed E-state index contributed by atoms with van der Waals surface area (Å²) in [7, 11) is 1.86. The van der Waals surface area contributed by atoms with Crippen molar-refractivity contribution in [3.05, 3.63) is 12.2 Å². The van der Waals surface area contributed by atoms with Crippen molar-refractivity contribution in [3.8, 4) is 0 Å². The van der Waals surface area contributed by atoms with Gasteiger partial charge in [0.15, 0.2) is 5.96 Å². The Morgan fingerprint density at radius 3 is 2.75 bits per heavy atom. The summed E-state index contributed by atoms with van der Waals surface area (Å²) in [5.74, 6) is 1.70. The van der Waals surface area contributed by atoms with Crippen LogP contribution >= 0.6 is 0 Å². The average molecular weight is 278 g/mol. The minimum atomic E-state index is 0.525. The maximum Gasteiger partial charge on any atom is 0.191 e. The van der Waals surface area contributed by atoms with Crippen molar-refractivity contribution in [1.29, 1.82) is 0 Å². The maximum absolute atomic E-state index is 4.35. The molecule has 1 aliphatic carbocycles. The number of hydrogen-bond acceptors (Lipinski definition) is 2. The Balaban J connectivity index is 1.74. The topological polar surface area (TPSA) is 39.7 Å². The van der Waals surface area contributed by atoms with Gasteiger partial charge in [-0.25, -0.2) is 0 Å². The zero-order valence-electron chi connectivity index (χ0n) is 13.2. The van der Waals surface area contributed by atoms with Crippen LogP contribution < -0.4 is 10.6 Å². The van der Waals surface area contributed by atoms with Crippen LogP contribution in [0.5, 0.6) is 0 Å². The van der Waals surface area contributed by atoms with Crippen molar-refractivity contribution in [2.45, 2.75) is 51.6 Å². The van der Waals surface area contributed by atoms with E-state index < -0.39 is 0 Å². The molecule has 0 spiro atoms. The summed E-state index contributed by atoms with van der Waals surface area (Å²) in [5, 5.41) is 7.01. The molecule has 1 atom stereocenters. The fourth-order valence-electron chi connectivity index (χ4n) is 3.17. The van der Waals surface area contributed by atoms with Crippen LogP contribution in [0.3, 0.4) is 0 Å². The number of aliphatic imine (C=N–C) groups is 1. The summed E-state index contributed by atoms with van der Waals surface area (Å²) in [6.07, 6.45) is 9.35. The second kappa shape index (κ2) is 7.67. The van der Waals surface area contributed by atoms with E-state index in [9.17, 15) is 0 Å². The first-order valence-electron chi connectivity index (χ1n) is 8.05. The van der Waals surface area contributed by atoms with E-state index in [-0.39, 0.29) is 0 Å². The van der Waals surface area contributed by atoms with Gasteiger partial charge in [0.25, 0.3) is 0 Å². The molecule has 0 amide bonds. The molecule has 0 bridgehead atoms. The monoisotopic (exact) mass is 278 g/mol. The number of rotatable bonds is 5. The summed E-state index contributed by atoms with van der Waals surface area (Å²) >= 11 is 0. The molecule has 4 nitrogen and oxygen atoms in total. The van der Waals surface area contributed by atoms with E-state index in [0.29, 0.717) is 12.1 Å². The van der Waals surface area contributed by atoms with Gasteiger partial charge in [-0.15, -0.1) is 0 Å². The third-order valence-electron chi connectivity index (χ3n) is 4.18. The molecule has 114 valence electrons. The highest BCUT2D eigenvalue weighted by Crippen LogP contribution is 2.18. The molecule has 1 saturated heterocycles. The van der Waals surface area contributed by atoms with E-state index in [1.807, 2.05) is 7.05 Å². The molecule has 0 radical (unpaired) electrons. The van der Waals surface area contributed by atoms with Crippen molar-refractivity contribution in [1.82, 2.24) is 15.5 Å². The average Bonchev–Trinajstić information content (AvgIpc) is 3.05. The van der Waals surface area contributed by atoms with E-state index in [1.165, 1.54) is 25.9 Å². The zero-order valence-corrected chi connectivity index (χ0v) is 13.2. The normalized spacial score (nSPS) is 24.8. The first kappa shape index (κ1) is 15.4. The number of nitrogens with zero attached hydrogens (tertiary/aromatic N) is 2. The van der Waals surface area contributed by atoms with Crippen LogP contribution in [0.2, 0.25) is 0 Å². The van der Waals surface area contributed by atoms with Crippen molar-refractivity contribution >= 4 is 5.96 Å². The lowest BCUT2D eigenvalue weighted by Crippen LogP contribution is -2.47. The Hall–Kier alpha value is -1.03. The molecule has 1 heterocycles. The van der Waals surface area contributed by atoms with Crippen molar-refractivity contribution in [2.24, 2.45) is 10.9 Å². The smallest absolute Gasteiger partial charge is 0.191 e. The van der Waals surface area contributed by atoms with Crippen LogP contribution in [-0.2, 0) is 0 Å². The third-order valence-corrected chi connectivity index (χ3v) is 4.18. The van der Waals surface area contributed by atoms with Gasteiger partial charge < -0.3 is 10.6 Å². The van der Waals surface area contributed by atoms with Crippen molar-refractivity contribution in [3.63, 3.8) is 0 Å². The van der Waals surface area contributed by atoms with Crippen LogP contribution in [0.4, 0.5) is 0 Å². The quantitative estimate of drug-likeness (QED) is 0.459. The Morgan fingerprint density at radius 2 is 2.10 bits per heavy atom. The molecule has 2 N–H and O–H groups in total. The number of guanidine groups is 1. The molecule has 1 aliphatic heterocycles. The summed E-state index contributed by atoms with van der Waals surface area (Å²) in [6, 6.07) is 1.19. The summed E-state index contributed by atoms with van der Waals surface area (Å²) < 4.78 is 0. The SMILES string of the molecule is CN=C(NC[C@H]1CCCN1CC(C)C)NC1CC=CC1. The minimum absolute atomic E-state index is 0.525. The second-order valence-corrected chi connectivity index (χ2v) is 6.42. The van der Waals surface area contributed by atoms with E-state index in [4.69, 9.17) is 0 Å². The molecule has 0 saturated carbocycles. The molecular weight excluding hydrogens is 248 g/mol. The number of nitrogens with one attached hydrogen (secondary N) is 2.